The second-order valence-electron chi connectivity index (χ2n) is 9.38. The van der Waals surface area contributed by atoms with Crippen molar-refractivity contribution in [3.63, 3.8) is 0 Å². The molecule has 0 heterocycles. The van der Waals surface area contributed by atoms with Gasteiger partial charge in [0.2, 0.25) is 11.8 Å². The van der Waals surface area contributed by atoms with E-state index in [9.17, 15) is 18.0 Å². The second-order valence-corrected chi connectivity index (χ2v) is 12.1. The van der Waals surface area contributed by atoms with Crippen molar-refractivity contribution < 1.29 is 22.7 Å². The first-order valence-corrected chi connectivity index (χ1v) is 15.0. The van der Waals surface area contributed by atoms with E-state index in [0.29, 0.717) is 28.0 Å². The highest BCUT2D eigenvalue weighted by Crippen LogP contribution is 2.27. The maximum absolute atomic E-state index is 13.9. The van der Waals surface area contributed by atoms with Gasteiger partial charge in [0.25, 0.3) is 10.0 Å². The highest BCUT2D eigenvalue weighted by atomic mass is 35.5. The topological polar surface area (TPSA) is 96.0 Å². The lowest BCUT2D eigenvalue weighted by Crippen LogP contribution is -2.52. The summed E-state index contributed by atoms with van der Waals surface area (Å²) in [4.78, 5) is 28.2. The average Bonchev–Trinajstić information content (AvgIpc) is 2.90. The van der Waals surface area contributed by atoms with Crippen LogP contribution in [0.25, 0.3) is 0 Å². The molecule has 1 N–H and O–H groups in total. The zero-order valence-electron chi connectivity index (χ0n) is 22.8. The Bertz CT molecular complexity index is 1410. The van der Waals surface area contributed by atoms with Crippen molar-refractivity contribution >= 4 is 50.7 Å². The fourth-order valence-electron chi connectivity index (χ4n) is 3.96. The van der Waals surface area contributed by atoms with Crippen molar-refractivity contribution in [2.24, 2.45) is 0 Å². The van der Waals surface area contributed by atoms with Crippen LogP contribution in [0.1, 0.15) is 33.3 Å². The summed E-state index contributed by atoms with van der Waals surface area (Å²) in [5, 5.41) is 3.68. The number of hydrogen-bond donors (Lipinski definition) is 1. The minimum atomic E-state index is -4.20. The first-order valence-electron chi connectivity index (χ1n) is 12.8. The van der Waals surface area contributed by atoms with Gasteiger partial charge in [-0.15, -0.1) is 0 Å². The zero-order chi connectivity index (χ0) is 29.4. The summed E-state index contributed by atoms with van der Waals surface area (Å²) in [5.41, 5.74) is 0.951. The molecule has 0 aromatic heterocycles. The number of nitrogens with one attached hydrogen (secondary N) is 1. The summed E-state index contributed by atoms with van der Waals surface area (Å²) in [6, 6.07) is 18.0. The Hall–Kier alpha value is -3.27. The first-order chi connectivity index (χ1) is 18.9. The molecule has 11 heteroatoms. The molecule has 3 aromatic carbocycles. The van der Waals surface area contributed by atoms with Crippen molar-refractivity contribution in [2.45, 2.75) is 51.2 Å². The standard InChI is InChI=1S/C29H33Cl2N3O5S/c1-5-39-26-13-11-25(12-14-26)34(40(37,38)27-15-9-23(30)10-16-27)19-28(35)33(21(4)29(36)32-20(2)3)18-22-7-6-8-24(31)17-22/h6-17,20-21H,5,18-19H2,1-4H3,(H,32,36)/t21-/m0/s1. The van der Waals surface area contributed by atoms with Crippen LogP contribution in [0.2, 0.25) is 10.0 Å². The molecule has 0 saturated heterocycles. The molecular weight excluding hydrogens is 573 g/mol. The maximum atomic E-state index is 13.9. The Morgan fingerprint density at radius 3 is 2.15 bits per heavy atom. The Morgan fingerprint density at radius 1 is 0.925 bits per heavy atom. The summed E-state index contributed by atoms with van der Waals surface area (Å²) in [6.45, 7) is 7.02. The summed E-state index contributed by atoms with van der Waals surface area (Å²) < 4.78 is 34.2. The first kappa shape index (κ1) is 31.3. The molecule has 8 nitrogen and oxygen atoms in total. The zero-order valence-corrected chi connectivity index (χ0v) is 25.1. The third-order valence-corrected chi connectivity index (χ3v) is 8.23. The number of nitrogens with zero attached hydrogens (tertiary/aromatic N) is 2. The van der Waals surface area contributed by atoms with Crippen LogP contribution in [0.4, 0.5) is 5.69 Å². The molecule has 0 spiro atoms. The quantitative estimate of drug-likeness (QED) is 0.293. The average molecular weight is 607 g/mol. The van der Waals surface area contributed by atoms with Crippen LogP contribution < -0.4 is 14.4 Å². The number of halogens is 2. The largest absolute Gasteiger partial charge is 0.494 e. The van der Waals surface area contributed by atoms with E-state index in [0.717, 1.165) is 4.31 Å². The Labute approximate surface area is 245 Å². The van der Waals surface area contributed by atoms with Gasteiger partial charge in [-0.25, -0.2) is 8.42 Å². The Kier molecular flexibility index (Phi) is 10.8. The number of carbonyl (C=O) groups is 2. The van der Waals surface area contributed by atoms with Crippen molar-refractivity contribution in [1.29, 1.82) is 0 Å². The predicted molar refractivity (Wildman–Crippen MR) is 158 cm³/mol. The molecule has 0 unspecified atom stereocenters. The third-order valence-electron chi connectivity index (χ3n) is 5.96. The lowest BCUT2D eigenvalue weighted by molar-refractivity contribution is -0.139. The van der Waals surface area contributed by atoms with E-state index in [-0.39, 0.29) is 29.1 Å². The van der Waals surface area contributed by atoms with E-state index in [1.807, 2.05) is 20.8 Å². The van der Waals surface area contributed by atoms with E-state index in [1.54, 1.807) is 55.5 Å². The highest BCUT2D eigenvalue weighted by molar-refractivity contribution is 7.92. The monoisotopic (exact) mass is 605 g/mol. The smallest absolute Gasteiger partial charge is 0.264 e. The third kappa shape index (κ3) is 8.13. The number of anilines is 1. The van der Waals surface area contributed by atoms with Gasteiger partial charge in [0, 0.05) is 22.6 Å². The summed E-state index contributed by atoms with van der Waals surface area (Å²) in [7, 11) is -4.20. The number of rotatable bonds is 12. The van der Waals surface area contributed by atoms with E-state index < -0.39 is 28.5 Å². The summed E-state index contributed by atoms with van der Waals surface area (Å²) in [6.07, 6.45) is 0. The second kappa shape index (κ2) is 13.9. The maximum Gasteiger partial charge on any atom is 0.264 e. The molecule has 0 aliphatic rings. The van der Waals surface area contributed by atoms with Gasteiger partial charge in [0.05, 0.1) is 17.2 Å². The molecule has 3 aromatic rings. The normalized spacial score (nSPS) is 12.1. The van der Waals surface area contributed by atoms with Gasteiger partial charge >= 0.3 is 0 Å². The Morgan fingerprint density at radius 2 is 1.57 bits per heavy atom. The molecule has 0 fully saturated rings. The van der Waals surface area contributed by atoms with Crippen LogP contribution in [0.3, 0.4) is 0 Å². The van der Waals surface area contributed by atoms with E-state index >= 15 is 0 Å². The summed E-state index contributed by atoms with van der Waals surface area (Å²) in [5.74, 6) is -0.376. The molecule has 0 aliphatic heterocycles. The van der Waals surface area contributed by atoms with Crippen molar-refractivity contribution in [1.82, 2.24) is 10.2 Å². The number of sulfonamides is 1. The number of carbonyl (C=O) groups excluding carboxylic acids is 2. The number of ether oxygens (including phenoxy) is 1. The fraction of sp³-hybridized carbons (Fsp3) is 0.310. The molecule has 2 amide bonds. The molecule has 0 radical (unpaired) electrons. The lowest BCUT2D eigenvalue weighted by atomic mass is 10.1. The molecule has 40 heavy (non-hydrogen) atoms. The van der Waals surface area contributed by atoms with Crippen LogP contribution >= 0.6 is 23.2 Å². The molecule has 1 atom stereocenters. The van der Waals surface area contributed by atoms with Gasteiger partial charge in [0.1, 0.15) is 18.3 Å². The van der Waals surface area contributed by atoms with Crippen molar-refractivity contribution in [2.75, 3.05) is 17.5 Å². The van der Waals surface area contributed by atoms with Crippen molar-refractivity contribution in [3.8, 4) is 5.75 Å². The van der Waals surface area contributed by atoms with Gasteiger partial charge in [-0.3, -0.25) is 13.9 Å². The van der Waals surface area contributed by atoms with Gasteiger partial charge in [-0.2, -0.15) is 0 Å². The van der Waals surface area contributed by atoms with E-state index in [2.05, 4.69) is 5.32 Å². The highest BCUT2D eigenvalue weighted by Gasteiger charge is 2.32. The van der Waals surface area contributed by atoms with Crippen LogP contribution in [0.5, 0.6) is 5.75 Å². The van der Waals surface area contributed by atoms with Gasteiger partial charge in [-0.05, 0) is 93.9 Å². The molecule has 0 aliphatic carbocycles. The summed E-state index contributed by atoms with van der Waals surface area (Å²) >= 11 is 12.2. The van der Waals surface area contributed by atoms with E-state index in [4.69, 9.17) is 27.9 Å². The van der Waals surface area contributed by atoms with Crippen LogP contribution in [0, 0.1) is 0 Å². The molecule has 0 bridgehead atoms. The number of benzene rings is 3. The fourth-order valence-corrected chi connectivity index (χ4v) is 5.71. The van der Waals surface area contributed by atoms with Crippen LogP contribution in [0.15, 0.2) is 77.7 Å². The molecule has 214 valence electrons. The molecule has 0 saturated carbocycles. The predicted octanol–water partition coefficient (Wildman–Crippen LogP) is 5.53. The van der Waals surface area contributed by atoms with E-state index in [1.165, 1.54) is 29.2 Å². The van der Waals surface area contributed by atoms with Crippen LogP contribution in [-0.4, -0.2) is 50.4 Å². The number of amides is 2. The van der Waals surface area contributed by atoms with Crippen molar-refractivity contribution in [3.05, 3.63) is 88.4 Å². The van der Waals surface area contributed by atoms with Crippen LogP contribution in [-0.2, 0) is 26.2 Å². The van der Waals surface area contributed by atoms with Gasteiger partial charge < -0.3 is 15.0 Å². The number of hydrogen-bond acceptors (Lipinski definition) is 5. The van der Waals surface area contributed by atoms with Gasteiger partial charge in [-0.1, -0.05) is 35.3 Å². The lowest BCUT2D eigenvalue weighted by Gasteiger charge is -2.32. The van der Waals surface area contributed by atoms with Gasteiger partial charge in [0.15, 0.2) is 0 Å². The minimum absolute atomic E-state index is 0.0365. The molecule has 3 rings (SSSR count). The Balaban J connectivity index is 2.03. The SMILES string of the molecule is CCOc1ccc(N(CC(=O)N(Cc2cccc(Cl)c2)[C@@H](C)C(=O)NC(C)C)S(=O)(=O)c2ccc(Cl)cc2)cc1. The minimum Gasteiger partial charge on any atom is -0.494 e. The molecular formula is C29H33Cl2N3O5S.